The predicted octanol–water partition coefficient (Wildman–Crippen LogP) is 3.39. The van der Waals surface area contributed by atoms with Gasteiger partial charge in [0.25, 0.3) is 0 Å². The van der Waals surface area contributed by atoms with Gasteiger partial charge < -0.3 is 16.2 Å². The number of rotatable bonds is 3. The minimum Gasteiger partial charge on any atom is -0.465 e. The van der Waals surface area contributed by atoms with E-state index in [1.165, 1.54) is 19.2 Å². The van der Waals surface area contributed by atoms with E-state index in [9.17, 15) is 9.18 Å². The molecule has 2 aliphatic rings. The fraction of sp³-hybridized carbons (Fsp3) is 0.318. The number of nitrogens with two attached hydrogens (primary N) is 2. The summed E-state index contributed by atoms with van der Waals surface area (Å²) in [4.78, 5) is 22.4. The molecule has 0 aromatic heterocycles. The normalized spacial score (nSPS) is 18.0. The molecule has 2 aromatic carbocycles. The number of ether oxygens (including phenoxy) is 1. The van der Waals surface area contributed by atoms with Crippen molar-refractivity contribution in [2.45, 2.75) is 37.8 Å². The lowest BCUT2D eigenvalue weighted by atomic mass is 9.87. The molecule has 2 aromatic rings. The molecule has 0 bridgehead atoms. The van der Waals surface area contributed by atoms with Crippen LogP contribution in [0.3, 0.4) is 0 Å². The van der Waals surface area contributed by atoms with Crippen LogP contribution in [0.1, 0.15) is 42.5 Å². The Morgan fingerprint density at radius 3 is 2.37 bits per heavy atom. The van der Waals surface area contributed by atoms with Gasteiger partial charge in [0.2, 0.25) is 11.9 Å². The minimum atomic E-state index is -0.702. The third-order valence-electron chi connectivity index (χ3n) is 5.68. The van der Waals surface area contributed by atoms with Crippen LogP contribution in [0.2, 0.25) is 0 Å². The van der Waals surface area contributed by atoms with Gasteiger partial charge in [-0.15, -0.1) is 0 Å². The van der Waals surface area contributed by atoms with Gasteiger partial charge in [0.1, 0.15) is 11.5 Å². The van der Waals surface area contributed by atoms with E-state index in [0.717, 1.165) is 43.4 Å². The summed E-state index contributed by atoms with van der Waals surface area (Å²) in [5, 5.41) is 0. The van der Waals surface area contributed by atoms with Gasteiger partial charge in [-0.1, -0.05) is 24.6 Å². The molecule has 1 heterocycles. The maximum Gasteiger partial charge on any atom is 0.340 e. The number of carbonyl (C=O) groups excluding carboxylic acids is 1. The van der Waals surface area contributed by atoms with Crippen molar-refractivity contribution in [3.63, 3.8) is 0 Å². The van der Waals surface area contributed by atoms with Gasteiger partial charge in [0.15, 0.2) is 0 Å². The third-order valence-corrected chi connectivity index (χ3v) is 5.68. The molecular weight excluding hydrogens is 385 g/mol. The van der Waals surface area contributed by atoms with Gasteiger partial charge in [-0.05, 0) is 61.1 Å². The average molecular weight is 409 g/mol. The summed E-state index contributed by atoms with van der Waals surface area (Å²) in [6.07, 6.45) is 4.96. The number of benzene rings is 2. The number of carbonyl (C=O) groups is 1. The quantitative estimate of drug-likeness (QED) is 0.756. The van der Waals surface area contributed by atoms with Gasteiger partial charge >= 0.3 is 5.97 Å². The second kappa shape index (κ2) is 7.78. The molecule has 0 atom stereocenters. The molecule has 30 heavy (non-hydrogen) atoms. The fourth-order valence-electron chi connectivity index (χ4n) is 4.27. The molecule has 0 amide bonds. The Bertz CT molecular complexity index is 1030. The van der Waals surface area contributed by atoms with Crippen LogP contribution in [0, 0.1) is 5.82 Å². The Balaban J connectivity index is 1.65. The number of anilines is 1. The molecule has 0 unspecified atom stereocenters. The van der Waals surface area contributed by atoms with Gasteiger partial charge in [-0.25, -0.2) is 14.2 Å². The molecule has 8 heteroatoms. The van der Waals surface area contributed by atoms with E-state index in [1.807, 2.05) is 29.2 Å². The summed E-state index contributed by atoms with van der Waals surface area (Å²) in [6, 6.07) is 12.0. The minimum absolute atomic E-state index is 0.0927. The summed E-state index contributed by atoms with van der Waals surface area (Å²) >= 11 is 0. The highest BCUT2D eigenvalue weighted by Crippen LogP contribution is 2.39. The fourth-order valence-corrected chi connectivity index (χ4v) is 4.27. The van der Waals surface area contributed by atoms with E-state index >= 15 is 0 Å². The van der Waals surface area contributed by atoms with Gasteiger partial charge in [-0.2, -0.15) is 4.99 Å². The maximum absolute atomic E-state index is 14.3. The molecule has 4 rings (SSSR count). The number of methoxy groups -OCH3 is 1. The van der Waals surface area contributed by atoms with Gasteiger partial charge in [0, 0.05) is 5.69 Å². The van der Waals surface area contributed by atoms with Crippen molar-refractivity contribution in [3.05, 3.63) is 53.8 Å². The lowest BCUT2D eigenvalue weighted by molar-refractivity contribution is 0.0595. The molecule has 1 fully saturated rings. The molecule has 1 aliphatic carbocycles. The van der Waals surface area contributed by atoms with E-state index < -0.39 is 17.4 Å². The molecule has 0 radical (unpaired) electrons. The Kier molecular flexibility index (Phi) is 5.15. The Morgan fingerprint density at radius 2 is 1.73 bits per heavy atom. The van der Waals surface area contributed by atoms with Crippen molar-refractivity contribution in [1.29, 1.82) is 0 Å². The number of guanidine groups is 2. The SMILES string of the molecule is COC(=O)c1ccc(-c2ccc(N3C(N)=NC(N)=NC34CCCCC4)cc2)cc1F. The second-order valence-corrected chi connectivity index (χ2v) is 7.55. The Morgan fingerprint density at radius 1 is 1.07 bits per heavy atom. The van der Waals surface area contributed by atoms with Crippen LogP contribution in [0.15, 0.2) is 52.4 Å². The zero-order valence-corrected chi connectivity index (χ0v) is 16.8. The van der Waals surface area contributed by atoms with E-state index in [0.29, 0.717) is 11.5 Å². The van der Waals surface area contributed by atoms with Crippen LogP contribution >= 0.6 is 0 Å². The first-order chi connectivity index (χ1) is 14.4. The van der Waals surface area contributed by atoms with Gasteiger partial charge in [-0.3, -0.25) is 4.90 Å². The zero-order chi connectivity index (χ0) is 21.3. The first-order valence-corrected chi connectivity index (χ1v) is 9.91. The Labute approximate surface area is 174 Å². The van der Waals surface area contributed by atoms with Gasteiger partial charge in [0.05, 0.1) is 12.7 Å². The number of esters is 1. The highest BCUT2D eigenvalue weighted by atomic mass is 19.1. The number of halogens is 1. The van der Waals surface area contributed by atoms with Crippen molar-refractivity contribution in [1.82, 2.24) is 0 Å². The van der Waals surface area contributed by atoms with Crippen LogP contribution in [0.4, 0.5) is 10.1 Å². The molecule has 1 aliphatic heterocycles. The lowest BCUT2D eigenvalue weighted by Gasteiger charge is -2.45. The van der Waals surface area contributed by atoms with Crippen molar-refractivity contribution < 1.29 is 13.9 Å². The largest absolute Gasteiger partial charge is 0.465 e. The highest BCUT2D eigenvalue weighted by molar-refractivity contribution is 6.05. The van der Waals surface area contributed by atoms with Crippen LogP contribution < -0.4 is 16.4 Å². The number of hydrogen-bond donors (Lipinski definition) is 2. The molecule has 1 spiro atoms. The van der Waals surface area contributed by atoms with Crippen molar-refractivity contribution >= 4 is 23.6 Å². The maximum atomic E-state index is 14.3. The smallest absolute Gasteiger partial charge is 0.340 e. The number of nitrogens with zero attached hydrogens (tertiary/aromatic N) is 3. The summed E-state index contributed by atoms with van der Waals surface area (Å²) < 4.78 is 18.9. The average Bonchev–Trinajstić information content (AvgIpc) is 2.73. The topological polar surface area (TPSA) is 106 Å². The predicted molar refractivity (Wildman–Crippen MR) is 115 cm³/mol. The van der Waals surface area contributed by atoms with E-state index in [-0.39, 0.29) is 11.5 Å². The van der Waals surface area contributed by atoms with E-state index in [2.05, 4.69) is 14.7 Å². The third kappa shape index (κ3) is 3.49. The zero-order valence-electron chi connectivity index (χ0n) is 16.8. The summed E-state index contributed by atoms with van der Waals surface area (Å²) in [6.45, 7) is 0. The summed E-state index contributed by atoms with van der Waals surface area (Å²) in [5.41, 5.74) is 13.9. The van der Waals surface area contributed by atoms with Crippen LogP contribution in [0.5, 0.6) is 0 Å². The second-order valence-electron chi connectivity index (χ2n) is 7.55. The van der Waals surface area contributed by atoms with Crippen molar-refractivity contribution in [2.24, 2.45) is 21.5 Å². The summed E-state index contributed by atoms with van der Waals surface area (Å²) in [7, 11) is 1.22. The van der Waals surface area contributed by atoms with Crippen LogP contribution in [0.25, 0.3) is 11.1 Å². The molecular formula is C22H24FN5O2. The lowest BCUT2D eigenvalue weighted by Crippen LogP contribution is -2.58. The number of hydrogen-bond acceptors (Lipinski definition) is 7. The molecule has 1 saturated carbocycles. The van der Waals surface area contributed by atoms with Crippen LogP contribution in [-0.4, -0.2) is 30.7 Å². The molecule has 7 nitrogen and oxygen atoms in total. The van der Waals surface area contributed by atoms with Crippen molar-refractivity contribution in [3.8, 4) is 11.1 Å². The molecule has 4 N–H and O–H groups in total. The van der Waals surface area contributed by atoms with Crippen molar-refractivity contribution in [2.75, 3.05) is 12.0 Å². The first kappa shape index (κ1) is 19.9. The number of aliphatic imine (C=N–C) groups is 2. The van der Waals surface area contributed by atoms with Crippen LogP contribution in [-0.2, 0) is 4.74 Å². The monoisotopic (exact) mass is 409 g/mol. The Hall–Kier alpha value is -3.42. The standard InChI is InChI=1S/C22H24FN5O2/c1-30-19(29)17-10-7-15(13-18(17)23)14-5-8-16(9-6-14)28-21(25)26-20(24)27-22(28)11-3-2-4-12-22/h5-10,13H,2-4,11-12H2,1H3,(H4,24,25,26,27). The highest BCUT2D eigenvalue weighted by Gasteiger charge is 2.42. The molecule has 0 saturated heterocycles. The van der Waals surface area contributed by atoms with E-state index in [4.69, 9.17) is 11.5 Å². The molecule has 156 valence electrons. The van der Waals surface area contributed by atoms with E-state index in [1.54, 1.807) is 6.07 Å². The first-order valence-electron chi connectivity index (χ1n) is 9.91. The summed E-state index contributed by atoms with van der Waals surface area (Å²) in [5.74, 6) is -0.789.